The molecule has 0 unspecified atom stereocenters. The highest BCUT2D eigenvalue weighted by molar-refractivity contribution is 7.13. The van der Waals surface area contributed by atoms with E-state index in [1.54, 1.807) is 11.3 Å². The number of nitrogens with zero attached hydrogens (tertiary/aromatic N) is 2. The standard InChI is InChI=1S/C16H15N3S/c1-11-4-2-5-12(8-11)16-18-13(10-17)9-14(19-16)15-6-3-7-20-15/h2-9H,10,17H2,1H3. The summed E-state index contributed by atoms with van der Waals surface area (Å²) in [5.74, 6) is 0.736. The molecule has 0 spiro atoms. The van der Waals surface area contributed by atoms with Crippen molar-refractivity contribution < 1.29 is 0 Å². The Kier molecular flexibility index (Phi) is 3.58. The van der Waals surface area contributed by atoms with Gasteiger partial charge in [-0.05, 0) is 30.5 Å². The van der Waals surface area contributed by atoms with Crippen LogP contribution in [-0.2, 0) is 6.54 Å². The molecule has 1 aromatic carbocycles. The summed E-state index contributed by atoms with van der Waals surface area (Å²) in [6.07, 6.45) is 0. The molecule has 0 aliphatic heterocycles. The van der Waals surface area contributed by atoms with Crippen LogP contribution in [0.2, 0.25) is 0 Å². The molecule has 20 heavy (non-hydrogen) atoms. The van der Waals surface area contributed by atoms with Gasteiger partial charge in [-0.15, -0.1) is 11.3 Å². The van der Waals surface area contributed by atoms with E-state index in [1.807, 2.05) is 29.6 Å². The fraction of sp³-hybridized carbons (Fsp3) is 0.125. The predicted molar refractivity (Wildman–Crippen MR) is 83.4 cm³/mol. The molecule has 0 amide bonds. The lowest BCUT2D eigenvalue weighted by Crippen LogP contribution is -2.03. The van der Waals surface area contributed by atoms with Gasteiger partial charge in [-0.25, -0.2) is 9.97 Å². The van der Waals surface area contributed by atoms with Crippen molar-refractivity contribution in [3.05, 3.63) is 59.1 Å². The molecule has 0 aliphatic carbocycles. The first-order valence-electron chi connectivity index (χ1n) is 6.45. The second kappa shape index (κ2) is 5.53. The zero-order valence-corrected chi connectivity index (χ0v) is 12.0. The highest BCUT2D eigenvalue weighted by Gasteiger charge is 2.08. The molecule has 0 saturated carbocycles. The second-order valence-corrected chi connectivity index (χ2v) is 5.57. The molecule has 3 aromatic rings. The first-order valence-corrected chi connectivity index (χ1v) is 7.33. The lowest BCUT2D eigenvalue weighted by Gasteiger charge is -2.07. The van der Waals surface area contributed by atoms with E-state index >= 15 is 0 Å². The summed E-state index contributed by atoms with van der Waals surface area (Å²) < 4.78 is 0. The van der Waals surface area contributed by atoms with Gasteiger partial charge in [-0.2, -0.15) is 0 Å². The summed E-state index contributed by atoms with van der Waals surface area (Å²) in [4.78, 5) is 10.4. The van der Waals surface area contributed by atoms with E-state index in [9.17, 15) is 0 Å². The Balaban J connectivity index is 2.14. The van der Waals surface area contributed by atoms with Crippen LogP contribution >= 0.6 is 11.3 Å². The van der Waals surface area contributed by atoms with Crippen molar-refractivity contribution in [3.63, 3.8) is 0 Å². The van der Waals surface area contributed by atoms with Crippen LogP contribution in [0, 0.1) is 6.92 Å². The third-order valence-electron chi connectivity index (χ3n) is 3.04. The molecule has 0 saturated heterocycles. The molecule has 2 heterocycles. The summed E-state index contributed by atoms with van der Waals surface area (Å²) >= 11 is 1.67. The fourth-order valence-corrected chi connectivity index (χ4v) is 2.75. The van der Waals surface area contributed by atoms with Gasteiger partial charge in [0, 0.05) is 12.1 Å². The van der Waals surface area contributed by atoms with E-state index in [2.05, 4.69) is 35.1 Å². The number of nitrogens with two attached hydrogens (primary N) is 1. The third kappa shape index (κ3) is 2.61. The zero-order valence-electron chi connectivity index (χ0n) is 11.2. The minimum Gasteiger partial charge on any atom is -0.325 e. The van der Waals surface area contributed by atoms with Crippen molar-refractivity contribution in [3.8, 4) is 22.0 Å². The summed E-state index contributed by atoms with van der Waals surface area (Å²) in [5.41, 5.74) is 9.78. The molecule has 100 valence electrons. The van der Waals surface area contributed by atoms with Crippen molar-refractivity contribution in [2.24, 2.45) is 5.73 Å². The van der Waals surface area contributed by atoms with Crippen molar-refractivity contribution in [1.82, 2.24) is 9.97 Å². The molecule has 0 aliphatic rings. The summed E-state index contributed by atoms with van der Waals surface area (Å²) in [6.45, 7) is 2.48. The molecular formula is C16H15N3S. The molecule has 3 nitrogen and oxygen atoms in total. The van der Waals surface area contributed by atoms with Gasteiger partial charge in [0.25, 0.3) is 0 Å². The summed E-state index contributed by atoms with van der Waals surface area (Å²) in [7, 11) is 0. The van der Waals surface area contributed by atoms with Crippen LogP contribution in [0.3, 0.4) is 0 Å². The highest BCUT2D eigenvalue weighted by atomic mass is 32.1. The average molecular weight is 281 g/mol. The number of hydrogen-bond acceptors (Lipinski definition) is 4. The van der Waals surface area contributed by atoms with Gasteiger partial charge in [0.1, 0.15) is 0 Å². The van der Waals surface area contributed by atoms with Crippen molar-refractivity contribution in [1.29, 1.82) is 0 Å². The molecule has 4 heteroatoms. The van der Waals surface area contributed by atoms with E-state index < -0.39 is 0 Å². The number of thiophene rings is 1. The van der Waals surface area contributed by atoms with Crippen molar-refractivity contribution >= 4 is 11.3 Å². The van der Waals surface area contributed by atoms with E-state index in [-0.39, 0.29) is 0 Å². The minimum atomic E-state index is 0.416. The first kappa shape index (κ1) is 13.0. The third-order valence-corrected chi connectivity index (χ3v) is 3.93. The number of aromatic nitrogens is 2. The number of hydrogen-bond donors (Lipinski definition) is 1. The number of aryl methyl sites for hydroxylation is 1. The van der Waals surface area contributed by atoms with E-state index in [0.717, 1.165) is 27.7 Å². The van der Waals surface area contributed by atoms with E-state index in [1.165, 1.54) is 5.56 Å². The first-order chi connectivity index (χ1) is 9.76. The van der Waals surface area contributed by atoms with Crippen LogP contribution in [0.4, 0.5) is 0 Å². The SMILES string of the molecule is Cc1cccc(-c2nc(CN)cc(-c3cccs3)n2)c1. The summed E-state index contributed by atoms with van der Waals surface area (Å²) in [5, 5.41) is 2.05. The van der Waals surface area contributed by atoms with Gasteiger partial charge >= 0.3 is 0 Å². The van der Waals surface area contributed by atoms with Crippen LogP contribution < -0.4 is 5.73 Å². The molecule has 2 aromatic heterocycles. The predicted octanol–water partition coefficient (Wildman–Crippen LogP) is 3.64. The maximum atomic E-state index is 5.76. The van der Waals surface area contributed by atoms with Crippen LogP contribution in [0.25, 0.3) is 22.0 Å². The molecule has 0 radical (unpaired) electrons. The van der Waals surface area contributed by atoms with Crippen LogP contribution in [-0.4, -0.2) is 9.97 Å². The Hall–Kier alpha value is -2.04. The molecule has 0 atom stereocenters. The van der Waals surface area contributed by atoms with E-state index in [4.69, 9.17) is 5.73 Å². The van der Waals surface area contributed by atoms with Gasteiger partial charge in [0.2, 0.25) is 0 Å². The topological polar surface area (TPSA) is 51.8 Å². The highest BCUT2D eigenvalue weighted by Crippen LogP contribution is 2.26. The normalized spacial score (nSPS) is 10.7. The zero-order chi connectivity index (χ0) is 13.9. The second-order valence-electron chi connectivity index (χ2n) is 4.62. The van der Waals surface area contributed by atoms with Crippen molar-refractivity contribution in [2.45, 2.75) is 13.5 Å². The molecule has 0 bridgehead atoms. The minimum absolute atomic E-state index is 0.416. The maximum absolute atomic E-state index is 5.76. The van der Waals surface area contributed by atoms with Gasteiger partial charge in [0.15, 0.2) is 5.82 Å². The smallest absolute Gasteiger partial charge is 0.160 e. The Morgan fingerprint density at radius 1 is 1.10 bits per heavy atom. The number of benzene rings is 1. The Morgan fingerprint density at radius 2 is 2.00 bits per heavy atom. The van der Waals surface area contributed by atoms with Crippen molar-refractivity contribution in [2.75, 3.05) is 0 Å². The largest absolute Gasteiger partial charge is 0.325 e. The molecule has 0 fully saturated rings. The lowest BCUT2D eigenvalue weighted by molar-refractivity contribution is 0.972. The van der Waals surface area contributed by atoms with Crippen LogP contribution in [0.5, 0.6) is 0 Å². The lowest BCUT2D eigenvalue weighted by atomic mass is 10.1. The monoisotopic (exact) mass is 281 g/mol. The molecule has 2 N–H and O–H groups in total. The Bertz CT molecular complexity index is 720. The quantitative estimate of drug-likeness (QED) is 0.797. The van der Waals surface area contributed by atoms with E-state index in [0.29, 0.717) is 6.54 Å². The van der Waals surface area contributed by atoms with Gasteiger partial charge < -0.3 is 5.73 Å². The van der Waals surface area contributed by atoms with Gasteiger partial charge in [-0.3, -0.25) is 0 Å². The molecule has 3 rings (SSSR count). The van der Waals surface area contributed by atoms with Crippen LogP contribution in [0.1, 0.15) is 11.3 Å². The van der Waals surface area contributed by atoms with Crippen LogP contribution in [0.15, 0.2) is 47.8 Å². The fourth-order valence-electron chi connectivity index (χ4n) is 2.07. The van der Waals surface area contributed by atoms with Gasteiger partial charge in [0.05, 0.1) is 16.3 Å². The molecular weight excluding hydrogens is 266 g/mol. The van der Waals surface area contributed by atoms with Gasteiger partial charge in [-0.1, -0.05) is 29.8 Å². The Morgan fingerprint density at radius 3 is 2.70 bits per heavy atom. The summed E-state index contributed by atoms with van der Waals surface area (Å²) in [6, 6.07) is 14.3. The maximum Gasteiger partial charge on any atom is 0.160 e. The number of rotatable bonds is 3. The average Bonchev–Trinajstić information content (AvgIpc) is 3.01. The Labute approximate surface area is 122 Å².